The molecule has 1 aromatic rings. The van der Waals surface area contributed by atoms with Crippen molar-refractivity contribution in [3.63, 3.8) is 0 Å². The predicted molar refractivity (Wildman–Crippen MR) is 51.6 cm³/mol. The lowest BCUT2D eigenvalue weighted by atomic mass is 10.0. The van der Waals surface area contributed by atoms with E-state index in [0.717, 1.165) is 0 Å². The lowest BCUT2D eigenvalue weighted by Crippen LogP contribution is -2.16. The van der Waals surface area contributed by atoms with Gasteiger partial charge in [0.1, 0.15) is 5.75 Å². The number of hydrogen-bond acceptors (Lipinski definition) is 4. The molecular weight excluding hydrogens is 196 g/mol. The molecule has 0 aliphatic rings. The SMILES string of the molecule is COc1ccc(C#N)c(C(N)=O)c1C=O. The number of amides is 1. The highest BCUT2D eigenvalue weighted by atomic mass is 16.5. The summed E-state index contributed by atoms with van der Waals surface area (Å²) in [6.45, 7) is 0. The predicted octanol–water partition coefficient (Wildman–Crippen LogP) is 0.478. The molecule has 0 radical (unpaired) electrons. The van der Waals surface area contributed by atoms with E-state index < -0.39 is 5.91 Å². The van der Waals surface area contributed by atoms with Crippen molar-refractivity contribution in [1.29, 1.82) is 5.26 Å². The Bertz CT molecular complexity index is 460. The molecule has 1 rings (SSSR count). The topological polar surface area (TPSA) is 93.2 Å². The normalized spacial score (nSPS) is 9.07. The summed E-state index contributed by atoms with van der Waals surface area (Å²) in [5.74, 6) is -0.606. The number of rotatable bonds is 3. The first kappa shape index (κ1) is 10.7. The lowest BCUT2D eigenvalue weighted by Gasteiger charge is -2.07. The molecule has 76 valence electrons. The van der Waals surface area contributed by atoms with Crippen LogP contribution in [0.15, 0.2) is 12.1 Å². The van der Waals surface area contributed by atoms with Gasteiger partial charge in [-0.25, -0.2) is 0 Å². The van der Waals surface area contributed by atoms with Gasteiger partial charge in [-0.1, -0.05) is 0 Å². The van der Waals surface area contributed by atoms with Crippen LogP contribution in [-0.4, -0.2) is 19.3 Å². The molecule has 0 unspecified atom stereocenters. The van der Waals surface area contributed by atoms with Crippen molar-refractivity contribution in [3.8, 4) is 11.8 Å². The smallest absolute Gasteiger partial charge is 0.250 e. The first-order valence-corrected chi connectivity index (χ1v) is 4.01. The zero-order valence-corrected chi connectivity index (χ0v) is 7.98. The number of carbonyl (C=O) groups excluding carboxylic acids is 2. The van der Waals surface area contributed by atoms with Crippen molar-refractivity contribution in [3.05, 3.63) is 28.8 Å². The van der Waals surface area contributed by atoms with Gasteiger partial charge < -0.3 is 10.5 Å². The fourth-order valence-electron chi connectivity index (χ4n) is 1.25. The van der Waals surface area contributed by atoms with E-state index in [1.165, 1.54) is 19.2 Å². The second-order valence-corrected chi connectivity index (χ2v) is 2.70. The molecule has 15 heavy (non-hydrogen) atoms. The molecular formula is C10H8N2O3. The Morgan fingerprint density at radius 1 is 1.60 bits per heavy atom. The molecule has 2 N–H and O–H groups in total. The van der Waals surface area contributed by atoms with Crippen LogP contribution >= 0.6 is 0 Å². The largest absolute Gasteiger partial charge is 0.496 e. The van der Waals surface area contributed by atoms with E-state index in [2.05, 4.69) is 0 Å². The molecule has 5 nitrogen and oxygen atoms in total. The summed E-state index contributed by atoms with van der Waals surface area (Å²) in [5, 5.41) is 8.74. The summed E-state index contributed by atoms with van der Waals surface area (Å²) >= 11 is 0. The maximum Gasteiger partial charge on any atom is 0.250 e. The monoisotopic (exact) mass is 204 g/mol. The molecule has 0 spiro atoms. The van der Waals surface area contributed by atoms with Gasteiger partial charge in [-0.05, 0) is 12.1 Å². The van der Waals surface area contributed by atoms with Crippen LogP contribution in [0, 0.1) is 11.3 Å². The molecule has 1 amide bonds. The van der Waals surface area contributed by atoms with Crippen LogP contribution in [0.25, 0.3) is 0 Å². The highest BCUT2D eigenvalue weighted by Gasteiger charge is 2.17. The molecule has 0 bridgehead atoms. The van der Waals surface area contributed by atoms with E-state index in [-0.39, 0.29) is 22.4 Å². The van der Waals surface area contributed by atoms with Crippen molar-refractivity contribution in [2.45, 2.75) is 0 Å². The maximum atomic E-state index is 11.1. The van der Waals surface area contributed by atoms with Crippen LogP contribution < -0.4 is 10.5 Å². The van der Waals surface area contributed by atoms with E-state index in [1.54, 1.807) is 6.07 Å². The second kappa shape index (κ2) is 4.24. The molecule has 0 atom stereocenters. The molecule has 1 aromatic carbocycles. The Hall–Kier alpha value is -2.35. The summed E-state index contributed by atoms with van der Waals surface area (Å²) in [4.78, 5) is 21.9. The van der Waals surface area contributed by atoms with Gasteiger partial charge in [0.25, 0.3) is 5.91 Å². The van der Waals surface area contributed by atoms with Gasteiger partial charge >= 0.3 is 0 Å². The van der Waals surface area contributed by atoms with Gasteiger partial charge in [0, 0.05) is 0 Å². The van der Waals surface area contributed by atoms with Gasteiger partial charge in [-0.3, -0.25) is 9.59 Å². The summed E-state index contributed by atoms with van der Waals surface area (Å²) < 4.78 is 4.88. The molecule has 0 aliphatic carbocycles. The number of hydrogen-bond donors (Lipinski definition) is 1. The minimum absolute atomic E-state index is 0.00375. The van der Waals surface area contributed by atoms with Crippen LogP contribution in [0.1, 0.15) is 26.3 Å². The first-order valence-electron chi connectivity index (χ1n) is 4.01. The maximum absolute atomic E-state index is 11.1. The van der Waals surface area contributed by atoms with E-state index in [9.17, 15) is 9.59 Å². The van der Waals surface area contributed by atoms with E-state index in [0.29, 0.717) is 6.29 Å². The average Bonchev–Trinajstić information content (AvgIpc) is 2.26. The van der Waals surface area contributed by atoms with Crippen LogP contribution in [0.2, 0.25) is 0 Å². The Morgan fingerprint density at radius 2 is 2.27 bits per heavy atom. The van der Waals surface area contributed by atoms with Crippen LogP contribution in [0.5, 0.6) is 5.75 Å². The van der Waals surface area contributed by atoms with Crippen molar-refractivity contribution >= 4 is 12.2 Å². The minimum atomic E-state index is -0.826. The Kier molecular flexibility index (Phi) is 3.03. The van der Waals surface area contributed by atoms with Crippen LogP contribution in [0.4, 0.5) is 0 Å². The highest BCUT2D eigenvalue weighted by Crippen LogP contribution is 2.23. The van der Waals surface area contributed by atoms with Crippen molar-refractivity contribution in [1.82, 2.24) is 0 Å². The zero-order valence-electron chi connectivity index (χ0n) is 7.98. The number of methoxy groups -OCH3 is 1. The van der Waals surface area contributed by atoms with Gasteiger partial charge in [-0.15, -0.1) is 0 Å². The number of nitrogens with zero attached hydrogens (tertiary/aromatic N) is 1. The molecule has 0 fully saturated rings. The number of carbonyl (C=O) groups is 2. The van der Waals surface area contributed by atoms with Gasteiger partial charge in [0.05, 0.1) is 29.9 Å². The third-order valence-electron chi connectivity index (χ3n) is 1.91. The van der Waals surface area contributed by atoms with E-state index in [1.807, 2.05) is 0 Å². The number of benzene rings is 1. The Labute approximate surface area is 86.1 Å². The standard InChI is InChI=1S/C10H8N2O3/c1-15-8-3-2-6(4-11)9(10(12)14)7(8)5-13/h2-3,5H,1H3,(H2,12,14). The number of nitriles is 1. The summed E-state index contributed by atoms with van der Waals surface area (Å²) in [6, 6.07) is 4.61. The van der Waals surface area contributed by atoms with Gasteiger partial charge in [-0.2, -0.15) is 5.26 Å². The number of primary amides is 1. The number of nitrogens with two attached hydrogens (primary N) is 1. The van der Waals surface area contributed by atoms with Crippen LogP contribution in [0.3, 0.4) is 0 Å². The van der Waals surface area contributed by atoms with Crippen LogP contribution in [-0.2, 0) is 0 Å². The first-order chi connectivity index (χ1) is 7.15. The lowest BCUT2D eigenvalue weighted by molar-refractivity contribution is 0.0992. The van der Waals surface area contributed by atoms with Gasteiger partial charge in [0.15, 0.2) is 6.29 Å². The third kappa shape index (κ3) is 1.79. The minimum Gasteiger partial charge on any atom is -0.496 e. The number of aldehydes is 1. The van der Waals surface area contributed by atoms with Crippen molar-refractivity contribution in [2.24, 2.45) is 5.73 Å². The molecule has 0 aliphatic heterocycles. The fraction of sp³-hybridized carbons (Fsp3) is 0.100. The van der Waals surface area contributed by atoms with Crippen molar-refractivity contribution in [2.75, 3.05) is 7.11 Å². The molecule has 5 heteroatoms. The van der Waals surface area contributed by atoms with E-state index in [4.69, 9.17) is 15.7 Å². The molecule has 0 heterocycles. The van der Waals surface area contributed by atoms with Gasteiger partial charge in [0.2, 0.25) is 0 Å². The van der Waals surface area contributed by atoms with E-state index >= 15 is 0 Å². The average molecular weight is 204 g/mol. The Morgan fingerprint density at radius 3 is 2.67 bits per heavy atom. The molecule has 0 saturated heterocycles. The number of ether oxygens (including phenoxy) is 1. The second-order valence-electron chi connectivity index (χ2n) is 2.70. The summed E-state index contributed by atoms with van der Waals surface area (Å²) in [7, 11) is 1.36. The summed E-state index contributed by atoms with van der Waals surface area (Å²) in [6.07, 6.45) is 0.444. The molecule has 0 saturated carbocycles. The quantitative estimate of drug-likeness (QED) is 0.724. The fourth-order valence-corrected chi connectivity index (χ4v) is 1.25. The highest BCUT2D eigenvalue weighted by molar-refractivity contribution is 6.04. The third-order valence-corrected chi connectivity index (χ3v) is 1.91. The summed E-state index contributed by atoms with van der Waals surface area (Å²) in [5.41, 5.74) is 5.05. The zero-order chi connectivity index (χ0) is 11.4. The Balaban J connectivity index is 3.60. The van der Waals surface area contributed by atoms with Crippen molar-refractivity contribution < 1.29 is 14.3 Å². The molecule has 0 aromatic heterocycles.